The number of rotatable bonds is 3. The van der Waals surface area contributed by atoms with E-state index in [1.165, 1.54) is 17.2 Å². The van der Waals surface area contributed by atoms with Crippen molar-refractivity contribution in [3.05, 3.63) is 112 Å². The fourth-order valence-corrected chi connectivity index (χ4v) is 6.28. The van der Waals surface area contributed by atoms with E-state index < -0.39 is 13.7 Å². The number of furan rings is 1. The average Bonchev–Trinajstić information content (AvgIpc) is 3.66. The molecule has 4 heterocycles. The Hall–Kier alpha value is -3.70. The number of pyridine rings is 2. The van der Waals surface area contributed by atoms with Crippen LogP contribution in [0.25, 0.3) is 54.7 Å². The molecule has 0 spiro atoms. The molecule has 4 aromatic heterocycles. The molecule has 4 nitrogen and oxygen atoms in total. The molecule has 243 valence electrons. The summed E-state index contributed by atoms with van der Waals surface area (Å²) in [6, 6.07) is 25.7. The molecule has 0 aliphatic heterocycles. The topological polar surface area (TPSA) is 51.8 Å². The molecule has 0 saturated heterocycles. The molecular weight excluding hydrogens is 775 g/mol. The van der Waals surface area contributed by atoms with Gasteiger partial charge in [0.15, 0.2) is 0 Å². The molecular formula is C41H41IrN3OS-2. The van der Waals surface area contributed by atoms with Crippen molar-refractivity contribution in [2.45, 2.75) is 74.0 Å². The van der Waals surface area contributed by atoms with Crippen LogP contribution in [0.4, 0.5) is 0 Å². The van der Waals surface area contributed by atoms with Crippen molar-refractivity contribution in [3.63, 3.8) is 0 Å². The summed E-state index contributed by atoms with van der Waals surface area (Å²) in [7, 11) is 0. The summed E-state index contributed by atoms with van der Waals surface area (Å²) in [6.45, 7) is 9.95. The Kier molecular flexibility index (Phi) is 7.79. The van der Waals surface area contributed by atoms with Crippen LogP contribution in [-0.2, 0) is 31.9 Å². The summed E-state index contributed by atoms with van der Waals surface area (Å²) in [5.41, 5.74) is 6.92. The molecule has 1 radical (unpaired) electrons. The first-order valence-corrected chi connectivity index (χ1v) is 16.1. The quantitative estimate of drug-likeness (QED) is 0.167. The van der Waals surface area contributed by atoms with Crippen LogP contribution in [0, 0.1) is 38.2 Å². The molecule has 47 heavy (non-hydrogen) atoms. The largest absolute Gasteiger partial charge is 0.498 e. The van der Waals surface area contributed by atoms with Crippen molar-refractivity contribution in [2.24, 2.45) is 5.41 Å². The molecule has 0 aliphatic rings. The first-order valence-electron chi connectivity index (χ1n) is 18.3. The van der Waals surface area contributed by atoms with Crippen LogP contribution in [0.2, 0.25) is 0 Å². The Morgan fingerprint density at radius 3 is 2.26 bits per heavy atom. The summed E-state index contributed by atoms with van der Waals surface area (Å²) in [5, 5.41) is 2.72. The van der Waals surface area contributed by atoms with Gasteiger partial charge in [0.05, 0.1) is 15.3 Å². The molecule has 7 aromatic rings. The zero-order valence-corrected chi connectivity index (χ0v) is 30.8. The van der Waals surface area contributed by atoms with E-state index >= 15 is 0 Å². The molecule has 3 aromatic carbocycles. The Bertz CT molecular complexity index is 2380. The van der Waals surface area contributed by atoms with Crippen LogP contribution < -0.4 is 0 Å². The molecule has 0 unspecified atom stereocenters. The Morgan fingerprint density at radius 2 is 1.60 bits per heavy atom. The zero-order valence-electron chi connectivity index (χ0n) is 33.6. The second-order valence-electron chi connectivity index (χ2n) is 13.9. The fraction of sp³-hybridized carbons (Fsp3) is 0.293. The summed E-state index contributed by atoms with van der Waals surface area (Å²) in [5.74, 6) is 0. The second-order valence-corrected chi connectivity index (χ2v) is 15.0. The van der Waals surface area contributed by atoms with Crippen molar-refractivity contribution in [2.75, 3.05) is 0 Å². The minimum absolute atomic E-state index is 0. The van der Waals surface area contributed by atoms with E-state index in [0.717, 1.165) is 49.9 Å². The van der Waals surface area contributed by atoms with Crippen LogP contribution in [0.1, 0.15) is 77.0 Å². The molecule has 0 amide bonds. The van der Waals surface area contributed by atoms with E-state index in [2.05, 4.69) is 94.8 Å². The average molecular weight is 822 g/mol. The summed E-state index contributed by atoms with van der Waals surface area (Å²) in [6.07, 6.45) is 4.15. The first-order chi connectivity index (χ1) is 24.2. The third kappa shape index (κ3) is 7.56. The van der Waals surface area contributed by atoms with Crippen molar-refractivity contribution >= 4 is 43.5 Å². The van der Waals surface area contributed by atoms with E-state index in [-0.39, 0.29) is 42.3 Å². The zero-order chi connectivity index (χ0) is 37.8. The summed E-state index contributed by atoms with van der Waals surface area (Å²) in [4.78, 5) is 13.7. The van der Waals surface area contributed by atoms with Gasteiger partial charge in [-0.15, -0.1) is 64.9 Å². The molecule has 0 fully saturated rings. The SMILES string of the molecule is Cc1c[c-]c(-c2ccc(CC(C)(C)C)cn2)cc1.[2H]C([2H])([2H])c1cnc(-c2[c-]ccc3c2oc2c3ccc3sc(C(C)(C)C)nc32)cc1C([2H])([2H])[2H].[Ir]. The van der Waals surface area contributed by atoms with Crippen molar-refractivity contribution in [1.82, 2.24) is 15.0 Å². The van der Waals surface area contributed by atoms with Gasteiger partial charge in [0, 0.05) is 51.5 Å². The van der Waals surface area contributed by atoms with Gasteiger partial charge in [-0.25, -0.2) is 4.98 Å². The number of hydrogen-bond donors (Lipinski definition) is 0. The molecule has 6 heteroatoms. The van der Waals surface area contributed by atoms with E-state index in [1.807, 2.05) is 30.5 Å². The van der Waals surface area contributed by atoms with Crippen LogP contribution in [0.15, 0.2) is 77.5 Å². The van der Waals surface area contributed by atoms with Gasteiger partial charge in [-0.3, -0.25) is 0 Å². The first kappa shape index (κ1) is 27.3. The Balaban J connectivity index is 0.000000242. The van der Waals surface area contributed by atoms with Crippen LogP contribution in [0.5, 0.6) is 0 Å². The molecule has 0 bridgehead atoms. The van der Waals surface area contributed by atoms with E-state index in [9.17, 15) is 0 Å². The Morgan fingerprint density at radius 1 is 0.830 bits per heavy atom. The standard InChI is InChI=1S/C24H21N2OS.C17H20N.Ir/c1-13-11-18(25-12-14(13)2)17-8-6-7-15-16-9-10-19-20(22(16)27-21(15)17)26-23(28-19)24(3,4)5;1-13-5-8-15(9-6-13)16-10-7-14(12-18-16)11-17(2,3)4;/h6-7,9-12H,1-5H3;5-8,10,12H,11H2,1-4H3;/q2*-1;/i1D3,2D3;;. The number of fused-ring (bicyclic) bond motifs is 5. The molecule has 7 rings (SSSR count). The smallest absolute Gasteiger partial charge is 0.148 e. The molecule has 0 atom stereocenters. The van der Waals surface area contributed by atoms with Crippen LogP contribution in [-0.4, -0.2) is 15.0 Å². The molecule has 0 N–H and O–H groups in total. The van der Waals surface area contributed by atoms with Gasteiger partial charge in [0.1, 0.15) is 11.1 Å². The third-order valence-electron chi connectivity index (χ3n) is 7.56. The van der Waals surface area contributed by atoms with Gasteiger partial charge >= 0.3 is 0 Å². The van der Waals surface area contributed by atoms with Gasteiger partial charge in [-0.2, -0.15) is 0 Å². The summed E-state index contributed by atoms with van der Waals surface area (Å²) >= 11 is 1.63. The van der Waals surface area contributed by atoms with Crippen molar-refractivity contribution in [3.8, 4) is 22.5 Å². The normalized spacial score (nSPS) is 14.3. The van der Waals surface area contributed by atoms with Gasteiger partial charge in [0.2, 0.25) is 0 Å². The van der Waals surface area contributed by atoms with Crippen molar-refractivity contribution < 1.29 is 32.7 Å². The second kappa shape index (κ2) is 13.4. The number of benzene rings is 3. The van der Waals surface area contributed by atoms with Crippen LogP contribution in [0.3, 0.4) is 0 Å². The number of aryl methyl sites for hydroxylation is 3. The predicted molar refractivity (Wildman–Crippen MR) is 194 cm³/mol. The Labute approximate surface area is 304 Å². The third-order valence-corrected chi connectivity index (χ3v) is 9.01. The maximum Gasteiger partial charge on any atom is 0.148 e. The monoisotopic (exact) mass is 822 g/mol. The number of thiazole rings is 1. The van der Waals surface area contributed by atoms with Crippen LogP contribution >= 0.6 is 11.3 Å². The molecule has 0 saturated carbocycles. The van der Waals surface area contributed by atoms with Crippen molar-refractivity contribution in [1.29, 1.82) is 0 Å². The minimum atomic E-state index is -2.61. The van der Waals surface area contributed by atoms with Gasteiger partial charge in [-0.05, 0) is 54.1 Å². The summed E-state index contributed by atoms with van der Waals surface area (Å²) < 4.78 is 54.0. The van der Waals surface area contributed by atoms with Gasteiger partial charge in [-0.1, -0.05) is 89.2 Å². The van der Waals surface area contributed by atoms with E-state index in [4.69, 9.17) is 17.6 Å². The number of aromatic nitrogens is 3. The number of nitrogens with zero attached hydrogens (tertiary/aromatic N) is 3. The maximum atomic E-state index is 7.86. The number of hydrogen-bond acceptors (Lipinski definition) is 5. The predicted octanol–water partition coefficient (Wildman–Crippen LogP) is 11.4. The fourth-order valence-electron chi connectivity index (χ4n) is 5.26. The van der Waals surface area contributed by atoms with Gasteiger partial charge in [0.25, 0.3) is 0 Å². The van der Waals surface area contributed by atoms with E-state index in [1.54, 1.807) is 17.4 Å². The van der Waals surface area contributed by atoms with Gasteiger partial charge < -0.3 is 14.4 Å². The molecule has 0 aliphatic carbocycles. The maximum absolute atomic E-state index is 7.86. The van der Waals surface area contributed by atoms with E-state index in [0.29, 0.717) is 22.1 Å². The minimum Gasteiger partial charge on any atom is -0.498 e.